The van der Waals surface area contributed by atoms with E-state index >= 15 is 0 Å². The molecule has 54 heavy (non-hydrogen) atoms. The summed E-state index contributed by atoms with van der Waals surface area (Å²) in [5.41, 5.74) is -11.8. The van der Waals surface area contributed by atoms with Crippen LogP contribution in [0, 0.1) is 40.5 Å². The number of phenols is 1. The van der Waals surface area contributed by atoms with Crippen LogP contribution < -0.4 is 14.9 Å². The number of hydrogen-bond acceptors (Lipinski definition) is 13. The van der Waals surface area contributed by atoms with Gasteiger partial charge in [0.15, 0.2) is 0 Å². The molecule has 0 aliphatic heterocycles. The van der Waals surface area contributed by atoms with Crippen LogP contribution in [0.15, 0.2) is 64.0 Å². The maximum absolute atomic E-state index is 13.4. The van der Waals surface area contributed by atoms with Gasteiger partial charge in [0.1, 0.15) is 44.5 Å². The van der Waals surface area contributed by atoms with Crippen LogP contribution in [0.25, 0.3) is 22.1 Å². The second kappa shape index (κ2) is 13.7. The van der Waals surface area contributed by atoms with Gasteiger partial charge in [0.2, 0.25) is 5.43 Å². The lowest BCUT2D eigenvalue weighted by Gasteiger charge is -2.13. The molecule has 1 aromatic heterocycles. The van der Waals surface area contributed by atoms with Crippen molar-refractivity contribution in [1.82, 2.24) is 0 Å². The van der Waals surface area contributed by atoms with Gasteiger partial charge in [-0.05, 0) is 17.7 Å². The van der Waals surface area contributed by atoms with Crippen molar-refractivity contribution >= 4 is 56.9 Å². The molecule has 0 spiro atoms. The van der Waals surface area contributed by atoms with Crippen molar-refractivity contribution in [2.24, 2.45) is 0 Å². The molecule has 0 aliphatic rings. The maximum atomic E-state index is 13.4. The molecule has 4 aromatic carbocycles. The van der Waals surface area contributed by atoms with Crippen LogP contribution in [-0.2, 0) is 12.4 Å². The van der Waals surface area contributed by atoms with Gasteiger partial charge in [-0.2, -0.15) is 26.3 Å². The first kappa shape index (κ1) is 38.5. The number of nitro groups is 4. The summed E-state index contributed by atoms with van der Waals surface area (Å²) in [6.45, 7) is 0. The van der Waals surface area contributed by atoms with Gasteiger partial charge >= 0.3 is 35.1 Å². The highest BCUT2D eigenvalue weighted by atomic mass is 35.5. The number of halogens is 8. The van der Waals surface area contributed by atoms with Gasteiger partial charge in [-0.25, -0.2) is 0 Å². The van der Waals surface area contributed by atoms with E-state index < -0.39 is 121 Å². The highest BCUT2D eigenvalue weighted by Gasteiger charge is 2.44. The average molecular weight is 807 g/mol. The Morgan fingerprint density at radius 3 is 1.52 bits per heavy atom. The van der Waals surface area contributed by atoms with E-state index in [0.717, 1.165) is 36.6 Å². The Balaban J connectivity index is 1.54. The van der Waals surface area contributed by atoms with E-state index in [9.17, 15) is 76.7 Å². The van der Waals surface area contributed by atoms with Gasteiger partial charge in [0.25, 0.3) is 11.5 Å². The van der Waals surface area contributed by atoms with Crippen LogP contribution >= 0.6 is 23.2 Å². The van der Waals surface area contributed by atoms with Crippen LogP contribution in [0.1, 0.15) is 11.1 Å². The Morgan fingerprint density at radius 2 is 1.11 bits per heavy atom. The Bertz CT molecular complexity index is 2510. The Hall–Kier alpha value is -6.75. The molecule has 0 atom stereocenters. The first-order valence-corrected chi connectivity index (χ1v) is 14.5. The number of rotatable bonds is 9. The van der Waals surface area contributed by atoms with Crippen LogP contribution in [0.4, 0.5) is 49.1 Å². The zero-order chi connectivity index (χ0) is 40.2. The Kier molecular flexibility index (Phi) is 9.74. The summed E-state index contributed by atoms with van der Waals surface area (Å²) in [6.07, 6.45) is -9.88. The minimum Gasteiger partial charge on any atom is -0.507 e. The first-order valence-electron chi connectivity index (χ1n) is 13.7. The molecule has 5 rings (SSSR count). The lowest BCUT2D eigenvalue weighted by molar-refractivity contribution is -0.396. The molecule has 0 fully saturated rings. The monoisotopic (exact) mass is 806 g/mol. The van der Waals surface area contributed by atoms with E-state index in [1.807, 2.05) is 0 Å². The standard InChI is InChI=1S/C29H10Cl2F6N4O13/c30-21-14(28(32,33)34)7-16(38(44)45)26(23(21)40(48)49)53-11-3-1-10(2-4-11)13-9-52-19-6-12(5-18(42)20(19)25(13)43)54-27-17(39(46)47)8-15(29(35,36)37)22(31)24(27)41(50)51/h1-9,42H. The number of hydrogen-bond donors (Lipinski definition) is 1. The third-order valence-corrected chi connectivity index (χ3v) is 7.92. The highest BCUT2D eigenvalue weighted by Crippen LogP contribution is 2.52. The summed E-state index contributed by atoms with van der Waals surface area (Å²) in [6, 6.07) is 5.43. The topological polar surface area (TPSA) is 241 Å². The average Bonchev–Trinajstić information content (AvgIpc) is 3.03. The van der Waals surface area contributed by atoms with E-state index in [4.69, 9.17) is 37.1 Å². The van der Waals surface area contributed by atoms with Crippen molar-refractivity contribution in [3.05, 3.63) is 127 Å². The number of nitro benzene ring substituents is 4. The Morgan fingerprint density at radius 1 is 0.667 bits per heavy atom. The second-order valence-electron chi connectivity index (χ2n) is 10.4. The number of ether oxygens (including phenoxy) is 2. The predicted molar refractivity (Wildman–Crippen MR) is 169 cm³/mol. The molecule has 1 N–H and O–H groups in total. The van der Waals surface area contributed by atoms with E-state index in [2.05, 4.69) is 0 Å². The van der Waals surface area contributed by atoms with Crippen LogP contribution in [0.2, 0.25) is 10.0 Å². The van der Waals surface area contributed by atoms with E-state index in [0.29, 0.717) is 6.07 Å². The number of alkyl halides is 6. The molecule has 0 aliphatic carbocycles. The van der Waals surface area contributed by atoms with Crippen molar-refractivity contribution in [3.8, 4) is 39.9 Å². The lowest BCUT2D eigenvalue weighted by atomic mass is 10.0. The molecule has 0 unspecified atom stereocenters. The summed E-state index contributed by atoms with van der Waals surface area (Å²) in [5.74, 6) is -4.70. The van der Waals surface area contributed by atoms with Crippen LogP contribution in [0.3, 0.4) is 0 Å². The number of phenolic OH excluding ortho intramolecular Hbond substituents is 1. The van der Waals surface area contributed by atoms with E-state index in [1.165, 1.54) is 0 Å². The zero-order valence-electron chi connectivity index (χ0n) is 25.4. The number of fused-ring (bicyclic) bond motifs is 1. The number of aromatic hydroxyl groups is 1. The molecule has 1 heterocycles. The van der Waals surface area contributed by atoms with Crippen molar-refractivity contribution < 1.29 is 65.0 Å². The zero-order valence-corrected chi connectivity index (χ0v) is 26.9. The van der Waals surface area contributed by atoms with Gasteiger partial charge < -0.3 is 19.0 Å². The Labute approximate surface area is 300 Å². The third-order valence-electron chi connectivity index (χ3n) is 7.15. The molecule has 0 bridgehead atoms. The molecule has 280 valence electrons. The van der Waals surface area contributed by atoms with Crippen LogP contribution in [0.5, 0.6) is 28.7 Å². The minimum absolute atomic E-state index is 0.0298. The fourth-order valence-electron chi connectivity index (χ4n) is 4.84. The fraction of sp³-hybridized carbons (Fsp3) is 0.0690. The van der Waals surface area contributed by atoms with Crippen molar-refractivity contribution in [3.63, 3.8) is 0 Å². The second-order valence-corrected chi connectivity index (χ2v) is 11.2. The van der Waals surface area contributed by atoms with E-state index in [-0.39, 0.29) is 23.3 Å². The van der Waals surface area contributed by atoms with Crippen molar-refractivity contribution in [2.45, 2.75) is 12.4 Å². The molecule has 25 heteroatoms. The molecule has 5 aromatic rings. The summed E-state index contributed by atoms with van der Waals surface area (Å²) < 4.78 is 96.3. The van der Waals surface area contributed by atoms with Crippen molar-refractivity contribution in [2.75, 3.05) is 0 Å². The molecular formula is C29H10Cl2F6N4O13. The summed E-state index contributed by atoms with van der Waals surface area (Å²) in [5, 5.41) is 53.5. The van der Waals surface area contributed by atoms with E-state index in [1.54, 1.807) is 0 Å². The normalized spacial score (nSPS) is 11.7. The fourth-order valence-corrected chi connectivity index (χ4v) is 5.48. The van der Waals surface area contributed by atoms with Gasteiger partial charge in [0, 0.05) is 24.3 Å². The first-order chi connectivity index (χ1) is 25.0. The number of nitrogens with zero attached hydrogens (tertiary/aromatic N) is 4. The largest absolute Gasteiger partial charge is 0.507 e. The predicted octanol–water partition coefficient (Wildman–Crippen LogP) is 9.73. The molecule has 17 nitrogen and oxygen atoms in total. The summed E-state index contributed by atoms with van der Waals surface area (Å²) in [4.78, 5) is 54.2. The lowest BCUT2D eigenvalue weighted by Crippen LogP contribution is -2.10. The quantitative estimate of drug-likeness (QED) is 0.0829. The molecule has 0 amide bonds. The van der Waals surface area contributed by atoms with Gasteiger partial charge in [-0.3, -0.25) is 45.3 Å². The SMILES string of the molecule is O=c1c(-c2ccc(Oc3c([N+](=O)[O-])cc(C(F)(F)F)c(Cl)c3[N+](=O)[O-])cc2)coc2cc(Oc3c([N+](=O)[O-])cc(C(F)(F)F)c(Cl)c3[N+](=O)[O-])cc(O)c12. The minimum atomic E-state index is -5.36. The molecular weight excluding hydrogens is 797 g/mol. The summed E-state index contributed by atoms with van der Waals surface area (Å²) >= 11 is 11.2. The molecule has 0 saturated heterocycles. The van der Waals surface area contributed by atoms with Gasteiger partial charge in [-0.15, -0.1) is 0 Å². The number of benzene rings is 4. The molecule has 0 radical (unpaired) electrons. The van der Waals surface area contributed by atoms with Crippen LogP contribution in [-0.4, -0.2) is 24.8 Å². The summed E-state index contributed by atoms with van der Waals surface area (Å²) in [7, 11) is 0. The smallest absolute Gasteiger partial charge is 0.418 e. The highest BCUT2D eigenvalue weighted by molar-refractivity contribution is 6.34. The van der Waals surface area contributed by atoms with Crippen molar-refractivity contribution in [1.29, 1.82) is 0 Å². The van der Waals surface area contributed by atoms with Gasteiger partial charge in [0.05, 0.1) is 36.4 Å². The van der Waals surface area contributed by atoms with Gasteiger partial charge in [-0.1, -0.05) is 35.3 Å². The third kappa shape index (κ3) is 7.03. The molecule has 0 saturated carbocycles. The maximum Gasteiger partial charge on any atom is 0.418 e.